The van der Waals surface area contributed by atoms with Gasteiger partial charge >= 0.3 is 5.97 Å². The maximum atomic E-state index is 11.2. The van der Waals surface area contributed by atoms with Gasteiger partial charge in [0.25, 0.3) is 0 Å². The van der Waals surface area contributed by atoms with Crippen molar-refractivity contribution in [2.24, 2.45) is 0 Å². The molecule has 1 aromatic rings. The van der Waals surface area contributed by atoms with Crippen LogP contribution in [0.25, 0.3) is 0 Å². The molecule has 0 saturated heterocycles. The predicted molar refractivity (Wildman–Crippen MR) is 51.9 cm³/mol. The normalized spacial score (nSPS) is 12.6. The molecular weight excluding hydrogens is 198 g/mol. The highest BCUT2D eigenvalue weighted by Gasteiger charge is 2.07. The summed E-state index contributed by atoms with van der Waals surface area (Å²) in [4.78, 5) is 21.3. The molecule has 0 bridgehead atoms. The van der Waals surface area contributed by atoms with Gasteiger partial charge in [-0.1, -0.05) is 0 Å². The first-order valence-corrected chi connectivity index (χ1v) is 4.30. The largest absolute Gasteiger partial charge is 0.478 e. The molecule has 0 radical (unpaired) electrons. The summed E-state index contributed by atoms with van der Waals surface area (Å²) in [5, 5.41) is 17.2. The van der Waals surface area contributed by atoms with E-state index in [9.17, 15) is 9.59 Å². The number of H-pyrrole nitrogens is 1. The van der Waals surface area contributed by atoms with Crippen molar-refractivity contribution in [1.29, 1.82) is 0 Å². The minimum Gasteiger partial charge on any atom is -0.478 e. The Morgan fingerprint density at radius 1 is 1.60 bits per heavy atom. The number of aliphatic carboxylic acids is 1. The zero-order valence-electron chi connectivity index (χ0n) is 8.10. The van der Waals surface area contributed by atoms with Gasteiger partial charge in [0.1, 0.15) is 0 Å². The molecule has 0 aliphatic rings. The van der Waals surface area contributed by atoms with Crippen molar-refractivity contribution in [2.45, 2.75) is 13.0 Å². The maximum Gasteiger partial charge on any atom is 0.328 e. The average molecular weight is 209 g/mol. The number of hydrogen-bond donors (Lipinski definition) is 3. The van der Waals surface area contributed by atoms with E-state index in [1.807, 2.05) is 0 Å². The van der Waals surface area contributed by atoms with E-state index in [0.717, 1.165) is 17.7 Å². The summed E-state index contributed by atoms with van der Waals surface area (Å²) in [6, 6.07) is -0.213. The lowest BCUT2D eigenvalue weighted by Gasteiger charge is -2.09. The number of nitrogens with one attached hydrogen (secondary N) is 2. The monoisotopic (exact) mass is 209 g/mol. The molecule has 0 aliphatic heterocycles. The molecule has 15 heavy (non-hydrogen) atoms. The van der Waals surface area contributed by atoms with Gasteiger partial charge < -0.3 is 10.4 Å². The lowest BCUT2D eigenvalue weighted by molar-refractivity contribution is -0.131. The molecule has 1 rings (SSSR count). The topological polar surface area (TPSA) is 95.1 Å². The fourth-order valence-corrected chi connectivity index (χ4v) is 0.989. The highest BCUT2D eigenvalue weighted by molar-refractivity contribution is 5.94. The Kier molecular flexibility index (Phi) is 3.61. The van der Waals surface area contributed by atoms with E-state index in [2.05, 4.69) is 15.5 Å². The molecule has 0 aromatic carbocycles. The van der Waals surface area contributed by atoms with Crippen LogP contribution >= 0.6 is 0 Å². The summed E-state index contributed by atoms with van der Waals surface area (Å²) in [5.41, 5.74) is 0.826. The lowest BCUT2D eigenvalue weighted by atomic mass is 10.2. The molecular formula is C9H11N3O3. The first-order valence-electron chi connectivity index (χ1n) is 4.30. The number of carboxylic acid groups (broad SMARTS) is 1. The van der Waals surface area contributed by atoms with E-state index in [-0.39, 0.29) is 6.04 Å². The van der Waals surface area contributed by atoms with Crippen LogP contribution in [0.15, 0.2) is 24.5 Å². The van der Waals surface area contributed by atoms with Gasteiger partial charge in [-0.3, -0.25) is 9.89 Å². The predicted octanol–water partition coefficient (Wildman–Crippen LogP) is 0.228. The van der Waals surface area contributed by atoms with Crippen molar-refractivity contribution in [2.75, 3.05) is 0 Å². The fraction of sp³-hybridized carbons (Fsp3) is 0.222. The molecule has 0 fully saturated rings. The summed E-state index contributed by atoms with van der Waals surface area (Å²) < 4.78 is 0. The average Bonchev–Trinajstić information content (AvgIpc) is 2.67. The van der Waals surface area contributed by atoms with Gasteiger partial charge in [-0.25, -0.2) is 4.79 Å². The molecule has 1 amide bonds. The van der Waals surface area contributed by atoms with E-state index in [4.69, 9.17) is 5.11 Å². The minimum atomic E-state index is -1.15. The van der Waals surface area contributed by atoms with Gasteiger partial charge in [-0.2, -0.15) is 5.10 Å². The summed E-state index contributed by atoms with van der Waals surface area (Å²) >= 11 is 0. The maximum absolute atomic E-state index is 11.2. The Morgan fingerprint density at radius 2 is 2.33 bits per heavy atom. The highest BCUT2D eigenvalue weighted by atomic mass is 16.4. The second-order valence-corrected chi connectivity index (χ2v) is 2.93. The zero-order valence-corrected chi connectivity index (χ0v) is 8.10. The third-order valence-electron chi connectivity index (χ3n) is 1.76. The number of rotatable bonds is 4. The van der Waals surface area contributed by atoms with E-state index >= 15 is 0 Å². The van der Waals surface area contributed by atoms with Crippen LogP contribution in [0.3, 0.4) is 0 Å². The van der Waals surface area contributed by atoms with E-state index in [1.165, 1.54) is 0 Å². The third-order valence-corrected chi connectivity index (χ3v) is 1.76. The van der Waals surface area contributed by atoms with Gasteiger partial charge in [0.2, 0.25) is 5.91 Å². The van der Waals surface area contributed by atoms with Crippen molar-refractivity contribution in [3.63, 3.8) is 0 Å². The summed E-state index contributed by atoms with van der Waals surface area (Å²) in [6.07, 6.45) is 5.01. The van der Waals surface area contributed by atoms with E-state index in [1.54, 1.807) is 19.3 Å². The number of aromatic amines is 1. The van der Waals surface area contributed by atoms with Gasteiger partial charge in [-0.05, 0) is 6.92 Å². The van der Waals surface area contributed by atoms with Crippen LogP contribution < -0.4 is 5.32 Å². The number of hydrogen-bond acceptors (Lipinski definition) is 3. The van der Waals surface area contributed by atoms with Crippen molar-refractivity contribution in [3.05, 3.63) is 30.1 Å². The summed E-state index contributed by atoms with van der Waals surface area (Å²) in [5.74, 6) is -1.60. The molecule has 0 aliphatic carbocycles. The van der Waals surface area contributed by atoms with Crippen LogP contribution in [0.4, 0.5) is 0 Å². The van der Waals surface area contributed by atoms with Crippen LogP contribution in [0.2, 0.25) is 0 Å². The standard InChI is InChI=1S/C9H11N3O3/c1-6(7-4-10-11-5-7)12-8(13)2-3-9(14)15/h2-6H,1H3,(H,10,11)(H,12,13)(H,14,15)/b3-2+. The van der Waals surface area contributed by atoms with Crippen LogP contribution in [0, 0.1) is 0 Å². The SMILES string of the molecule is CC(NC(=O)/C=C/C(=O)O)c1cn[nH]c1. The van der Waals surface area contributed by atoms with Gasteiger partial charge in [0.15, 0.2) is 0 Å². The number of carboxylic acids is 1. The number of amides is 1. The Morgan fingerprint density at radius 3 is 2.87 bits per heavy atom. The van der Waals surface area contributed by atoms with Crippen molar-refractivity contribution >= 4 is 11.9 Å². The van der Waals surface area contributed by atoms with Gasteiger partial charge in [-0.15, -0.1) is 0 Å². The Hall–Kier alpha value is -2.11. The second-order valence-electron chi connectivity index (χ2n) is 2.93. The molecule has 1 unspecified atom stereocenters. The highest BCUT2D eigenvalue weighted by Crippen LogP contribution is 2.08. The molecule has 1 atom stereocenters. The zero-order chi connectivity index (χ0) is 11.3. The fourth-order valence-electron chi connectivity index (χ4n) is 0.989. The van der Waals surface area contributed by atoms with Crippen LogP contribution in [0.1, 0.15) is 18.5 Å². The molecule has 0 saturated carbocycles. The summed E-state index contributed by atoms with van der Waals surface area (Å²) in [6.45, 7) is 1.78. The first-order chi connectivity index (χ1) is 7.09. The van der Waals surface area contributed by atoms with Crippen LogP contribution in [-0.2, 0) is 9.59 Å². The van der Waals surface area contributed by atoms with Gasteiger partial charge in [0.05, 0.1) is 12.2 Å². The molecule has 80 valence electrons. The summed E-state index contributed by atoms with van der Waals surface area (Å²) in [7, 11) is 0. The molecule has 6 heteroatoms. The lowest BCUT2D eigenvalue weighted by Crippen LogP contribution is -2.24. The third kappa shape index (κ3) is 3.63. The molecule has 1 heterocycles. The molecule has 3 N–H and O–H groups in total. The first kappa shape index (κ1) is 11.0. The van der Waals surface area contributed by atoms with Gasteiger partial charge in [0, 0.05) is 23.9 Å². The van der Waals surface area contributed by atoms with Crippen LogP contribution in [0.5, 0.6) is 0 Å². The Bertz CT molecular complexity index is 370. The quantitative estimate of drug-likeness (QED) is 0.618. The number of carbonyl (C=O) groups excluding carboxylic acids is 1. The number of aromatic nitrogens is 2. The number of nitrogens with zero attached hydrogens (tertiary/aromatic N) is 1. The molecule has 1 aromatic heterocycles. The Balaban J connectivity index is 2.49. The van der Waals surface area contributed by atoms with Crippen molar-refractivity contribution in [1.82, 2.24) is 15.5 Å². The van der Waals surface area contributed by atoms with E-state index in [0.29, 0.717) is 0 Å². The molecule has 0 spiro atoms. The van der Waals surface area contributed by atoms with E-state index < -0.39 is 11.9 Å². The minimum absolute atomic E-state index is 0.213. The molecule has 6 nitrogen and oxygen atoms in total. The van der Waals surface area contributed by atoms with Crippen LogP contribution in [-0.4, -0.2) is 27.2 Å². The Labute approximate surface area is 86.0 Å². The van der Waals surface area contributed by atoms with Crippen molar-refractivity contribution in [3.8, 4) is 0 Å². The second kappa shape index (κ2) is 4.94. The number of carbonyl (C=O) groups is 2. The van der Waals surface area contributed by atoms with Crippen molar-refractivity contribution < 1.29 is 14.7 Å². The smallest absolute Gasteiger partial charge is 0.328 e.